The molecule has 1 aromatic carbocycles. The fourth-order valence-electron chi connectivity index (χ4n) is 3.90. The van der Waals surface area contributed by atoms with Crippen LogP contribution in [0.3, 0.4) is 0 Å². The molecule has 0 aliphatic carbocycles. The van der Waals surface area contributed by atoms with Gasteiger partial charge >= 0.3 is 6.36 Å². The van der Waals surface area contributed by atoms with Crippen LogP contribution in [-0.2, 0) is 16.6 Å². The molecule has 0 bridgehead atoms. The van der Waals surface area contributed by atoms with Crippen molar-refractivity contribution in [2.24, 2.45) is 7.05 Å². The van der Waals surface area contributed by atoms with Crippen molar-refractivity contribution in [3.05, 3.63) is 78.4 Å². The molecule has 1 unspecified atom stereocenters. The summed E-state index contributed by atoms with van der Waals surface area (Å²) in [6.07, 6.45) is -2.29. The molecular formula is C28H27F3N6O5. The predicted octanol–water partition coefficient (Wildman–Crippen LogP) is 4.74. The van der Waals surface area contributed by atoms with E-state index in [9.17, 15) is 27.9 Å². The Morgan fingerprint density at radius 2 is 1.93 bits per heavy atom. The van der Waals surface area contributed by atoms with Crippen LogP contribution in [0.1, 0.15) is 28.9 Å². The van der Waals surface area contributed by atoms with Gasteiger partial charge in [0, 0.05) is 37.6 Å². The van der Waals surface area contributed by atoms with Crippen molar-refractivity contribution in [1.82, 2.24) is 25.1 Å². The lowest BCUT2D eigenvalue weighted by atomic mass is 10.1. The lowest BCUT2D eigenvalue weighted by molar-refractivity contribution is -0.337. The molecule has 0 aliphatic heterocycles. The molecule has 4 rings (SSSR count). The van der Waals surface area contributed by atoms with E-state index in [0.717, 1.165) is 5.56 Å². The van der Waals surface area contributed by atoms with Gasteiger partial charge in [0.25, 0.3) is 11.8 Å². The third-order valence-corrected chi connectivity index (χ3v) is 5.89. The second-order valence-electron chi connectivity index (χ2n) is 9.12. The summed E-state index contributed by atoms with van der Waals surface area (Å²) in [5.74, 6) is -1.07. The Kier molecular flexibility index (Phi) is 9.37. The number of hydrogen-bond acceptors (Lipinski definition) is 8. The highest BCUT2D eigenvalue weighted by Crippen LogP contribution is 2.28. The molecule has 0 radical (unpaired) electrons. The largest absolute Gasteiger partial charge is 0.523 e. The maximum atomic E-state index is 13.0. The van der Waals surface area contributed by atoms with Crippen LogP contribution in [0.2, 0.25) is 0 Å². The first kappa shape index (κ1) is 30.0. The zero-order valence-corrected chi connectivity index (χ0v) is 22.6. The summed E-state index contributed by atoms with van der Waals surface area (Å²) in [5, 5.41) is 18.7. The number of aromatic hydroxyl groups is 1. The molecule has 220 valence electrons. The van der Waals surface area contributed by atoms with E-state index in [0.29, 0.717) is 22.9 Å². The van der Waals surface area contributed by atoms with E-state index in [1.54, 1.807) is 61.5 Å². The summed E-state index contributed by atoms with van der Waals surface area (Å²) in [5.41, 5.74) is 1.82. The predicted molar refractivity (Wildman–Crippen MR) is 145 cm³/mol. The normalized spacial score (nSPS) is 12.0. The van der Waals surface area contributed by atoms with Crippen molar-refractivity contribution >= 4 is 17.6 Å². The molecule has 3 aromatic heterocycles. The Morgan fingerprint density at radius 3 is 2.62 bits per heavy atom. The first-order valence-corrected chi connectivity index (χ1v) is 12.7. The van der Waals surface area contributed by atoms with Crippen molar-refractivity contribution in [3.63, 3.8) is 0 Å². The van der Waals surface area contributed by atoms with Gasteiger partial charge in [0.2, 0.25) is 0 Å². The van der Waals surface area contributed by atoms with Crippen molar-refractivity contribution < 1.29 is 37.3 Å². The fourth-order valence-corrected chi connectivity index (χ4v) is 3.90. The third-order valence-electron chi connectivity index (χ3n) is 5.89. The molecule has 4 aromatic rings. The molecule has 0 saturated heterocycles. The zero-order valence-electron chi connectivity index (χ0n) is 22.6. The van der Waals surface area contributed by atoms with Crippen LogP contribution < -0.4 is 15.4 Å². The number of aryl methyl sites for hydroxylation is 2. The lowest BCUT2D eigenvalue weighted by Gasteiger charge is -2.19. The van der Waals surface area contributed by atoms with Crippen LogP contribution in [0.4, 0.5) is 19.0 Å². The number of rotatable bonds is 11. The number of benzene rings is 1. The van der Waals surface area contributed by atoms with Gasteiger partial charge in [-0.3, -0.25) is 24.0 Å². The van der Waals surface area contributed by atoms with Crippen molar-refractivity contribution in [2.45, 2.75) is 32.2 Å². The maximum Gasteiger partial charge on any atom is 0.523 e. The minimum absolute atomic E-state index is 0.000688. The standard InChI is InChI=1S/C28H27F3N6O5/c1-17-23(41-19-11-13-32-21(14-19)18-15-34-37(2)16-18)9-10-25(35-17)36-27(40)24(42-28(29,30)31)8-5-12-33-26(39)20-6-3-4-7-22(20)38/h3-4,6-7,9-11,13-16,24,38H,5,8,12H2,1-2H3,(H,33,39)(H,35,36,40). The number of aromatic nitrogens is 4. The van der Waals surface area contributed by atoms with Gasteiger partial charge in [-0.15, -0.1) is 13.2 Å². The zero-order chi connectivity index (χ0) is 30.3. The average Bonchev–Trinajstić information content (AvgIpc) is 3.38. The first-order chi connectivity index (χ1) is 20.0. The van der Waals surface area contributed by atoms with Gasteiger partial charge in [0.15, 0.2) is 0 Å². The quantitative estimate of drug-likeness (QED) is 0.215. The number of carbonyl (C=O) groups excluding carboxylic acids is 2. The van der Waals surface area contributed by atoms with Crippen LogP contribution in [0, 0.1) is 6.92 Å². The van der Waals surface area contributed by atoms with E-state index in [2.05, 4.69) is 30.4 Å². The Labute approximate surface area is 238 Å². The van der Waals surface area contributed by atoms with Crippen LogP contribution in [0.15, 0.2) is 67.1 Å². The van der Waals surface area contributed by atoms with Crippen LogP contribution in [0.5, 0.6) is 17.2 Å². The number of pyridine rings is 2. The first-order valence-electron chi connectivity index (χ1n) is 12.7. The molecule has 0 aliphatic rings. The molecule has 3 N–H and O–H groups in total. The smallest absolute Gasteiger partial charge is 0.507 e. The summed E-state index contributed by atoms with van der Waals surface area (Å²) in [6, 6.07) is 12.1. The molecule has 1 atom stereocenters. The monoisotopic (exact) mass is 584 g/mol. The van der Waals surface area contributed by atoms with Gasteiger partial charge in [0.05, 0.1) is 23.1 Å². The number of halogens is 3. The second-order valence-corrected chi connectivity index (χ2v) is 9.12. The molecule has 2 amide bonds. The second kappa shape index (κ2) is 13.1. The van der Waals surface area contributed by atoms with Gasteiger partial charge in [-0.05, 0) is 50.1 Å². The Bertz CT molecular complexity index is 1560. The third kappa shape index (κ3) is 8.27. The molecule has 42 heavy (non-hydrogen) atoms. The number of phenols is 1. The highest BCUT2D eigenvalue weighted by atomic mass is 19.4. The molecule has 3 heterocycles. The highest BCUT2D eigenvalue weighted by Gasteiger charge is 2.36. The van der Waals surface area contributed by atoms with Crippen LogP contribution >= 0.6 is 0 Å². The number of amides is 2. The topological polar surface area (TPSA) is 140 Å². The number of nitrogens with one attached hydrogen (secondary N) is 2. The molecule has 0 fully saturated rings. The summed E-state index contributed by atoms with van der Waals surface area (Å²) < 4.78 is 50.7. The van der Waals surface area contributed by atoms with E-state index >= 15 is 0 Å². The summed E-state index contributed by atoms with van der Waals surface area (Å²) in [7, 11) is 1.79. The lowest BCUT2D eigenvalue weighted by Crippen LogP contribution is -2.36. The molecule has 11 nitrogen and oxygen atoms in total. The number of carbonyl (C=O) groups is 2. The van der Waals surface area contributed by atoms with Gasteiger partial charge in [-0.2, -0.15) is 5.10 Å². The van der Waals surface area contributed by atoms with Crippen LogP contribution in [0.25, 0.3) is 11.3 Å². The molecule has 0 saturated carbocycles. The Hall–Kier alpha value is -4.98. The summed E-state index contributed by atoms with van der Waals surface area (Å²) in [6.45, 7) is 1.56. The summed E-state index contributed by atoms with van der Waals surface area (Å²) >= 11 is 0. The number of nitrogens with zero attached hydrogens (tertiary/aromatic N) is 4. The average molecular weight is 585 g/mol. The number of alkyl halides is 3. The summed E-state index contributed by atoms with van der Waals surface area (Å²) in [4.78, 5) is 33.4. The maximum absolute atomic E-state index is 13.0. The molecule has 0 spiro atoms. The minimum atomic E-state index is -5.07. The number of hydrogen-bond donors (Lipinski definition) is 3. The van der Waals surface area contributed by atoms with E-state index in [1.807, 2.05) is 0 Å². The van der Waals surface area contributed by atoms with E-state index in [-0.39, 0.29) is 36.5 Å². The van der Waals surface area contributed by atoms with Gasteiger partial charge in [0.1, 0.15) is 29.2 Å². The minimum Gasteiger partial charge on any atom is -0.507 e. The van der Waals surface area contributed by atoms with Crippen molar-refractivity contribution in [3.8, 4) is 28.5 Å². The Morgan fingerprint density at radius 1 is 1.14 bits per heavy atom. The number of anilines is 1. The molecule has 14 heteroatoms. The highest BCUT2D eigenvalue weighted by molar-refractivity contribution is 5.96. The molecular weight excluding hydrogens is 557 g/mol. The van der Waals surface area contributed by atoms with E-state index in [4.69, 9.17) is 4.74 Å². The SMILES string of the molecule is Cc1nc(NC(=O)C(CCCNC(=O)c2ccccc2O)OC(F)(F)F)ccc1Oc1ccnc(-c2cnn(C)c2)c1. The fraction of sp³-hybridized carbons (Fsp3) is 0.250. The van der Waals surface area contributed by atoms with E-state index in [1.165, 1.54) is 24.3 Å². The van der Waals surface area contributed by atoms with Gasteiger partial charge < -0.3 is 20.5 Å². The Balaban J connectivity index is 1.36. The number of phenolic OH excluding ortho intramolecular Hbond substituents is 1. The van der Waals surface area contributed by atoms with Crippen LogP contribution in [-0.4, -0.2) is 55.7 Å². The number of para-hydroxylation sites is 1. The van der Waals surface area contributed by atoms with E-state index < -0.39 is 24.3 Å². The number of ether oxygens (including phenoxy) is 2. The van der Waals surface area contributed by atoms with Crippen molar-refractivity contribution in [2.75, 3.05) is 11.9 Å². The van der Waals surface area contributed by atoms with Gasteiger partial charge in [-0.1, -0.05) is 12.1 Å². The van der Waals surface area contributed by atoms with Crippen molar-refractivity contribution in [1.29, 1.82) is 0 Å². The van der Waals surface area contributed by atoms with Gasteiger partial charge in [-0.25, -0.2) is 4.98 Å².